The second kappa shape index (κ2) is 8.44. The molecule has 0 radical (unpaired) electrons. The molecule has 0 saturated heterocycles. The minimum Gasteiger partial charge on any atom is -0.539 e. The fraction of sp³-hybridized carbons (Fsp3) is 0.150. The summed E-state index contributed by atoms with van der Waals surface area (Å²) in [6, 6.07) is 13.5. The van der Waals surface area contributed by atoms with E-state index >= 15 is 0 Å². The lowest BCUT2D eigenvalue weighted by atomic mass is 10.3. The highest BCUT2D eigenvalue weighted by atomic mass is 32.2. The molecule has 3 N–H and O–H groups in total. The molecule has 1 amide bonds. The number of aromatic amines is 2. The summed E-state index contributed by atoms with van der Waals surface area (Å²) < 4.78 is 33.6. The van der Waals surface area contributed by atoms with Crippen molar-refractivity contribution < 1.29 is 22.7 Å². The zero-order chi connectivity index (χ0) is 22.0. The van der Waals surface area contributed by atoms with Crippen LogP contribution >= 0.6 is 11.8 Å². The zero-order valence-corrected chi connectivity index (χ0v) is 18.3. The molecule has 0 saturated carbocycles. The summed E-state index contributed by atoms with van der Waals surface area (Å²) in [5, 5.41) is 7.23. The number of nitrogens with one attached hydrogen (secondary N) is 3. The first-order valence-corrected chi connectivity index (χ1v) is 11.7. The number of fused-ring (bicyclic) bond motifs is 1. The minimum atomic E-state index is -3.96. The molecule has 0 fully saturated rings. The van der Waals surface area contributed by atoms with E-state index in [1.54, 1.807) is 13.8 Å². The fourth-order valence-electron chi connectivity index (χ4n) is 2.74. The highest BCUT2D eigenvalue weighted by Gasteiger charge is 2.13. The Balaban J connectivity index is 1.36. The lowest BCUT2D eigenvalue weighted by Crippen LogP contribution is -2.15. The summed E-state index contributed by atoms with van der Waals surface area (Å²) in [4.78, 5) is 18.6. The number of sulfonamides is 1. The molecule has 31 heavy (non-hydrogen) atoms. The van der Waals surface area contributed by atoms with Gasteiger partial charge in [0.15, 0.2) is 11.0 Å². The minimum absolute atomic E-state index is 0.0130. The molecule has 4 rings (SSSR count). The second-order valence-electron chi connectivity index (χ2n) is 6.75. The summed E-state index contributed by atoms with van der Waals surface area (Å²) in [5.41, 5.74) is 3.55. The van der Waals surface area contributed by atoms with Gasteiger partial charge in [-0.15, -0.1) is 0 Å². The number of carbonyl (C=O) groups excluding carboxylic acids is 1. The van der Waals surface area contributed by atoms with Crippen molar-refractivity contribution in [3.8, 4) is 0 Å². The second-order valence-corrected chi connectivity index (χ2v) is 9.34. The highest BCUT2D eigenvalue weighted by molar-refractivity contribution is 7.99. The summed E-state index contributed by atoms with van der Waals surface area (Å²) in [6.07, 6.45) is 0. The van der Waals surface area contributed by atoms with Crippen LogP contribution in [-0.2, 0) is 14.8 Å². The maximum Gasteiger partial charge on any atom is 0.315 e. The van der Waals surface area contributed by atoms with E-state index in [-0.39, 0.29) is 22.4 Å². The largest absolute Gasteiger partial charge is 0.539 e. The number of imidazole rings is 1. The summed E-state index contributed by atoms with van der Waals surface area (Å²) >= 11 is 1.34. The Morgan fingerprint density at radius 2 is 1.94 bits per heavy atom. The quantitative estimate of drug-likeness (QED) is 0.406. The van der Waals surface area contributed by atoms with Crippen molar-refractivity contribution >= 4 is 50.3 Å². The number of nitrogens with zero attached hydrogens (tertiary/aromatic N) is 2. The van der Waals surface area contributed by atoms with Crippen molar-refractivity contribution in [2.45, 2.75) is 23.9 Å². The third-order valence-corrected chi connectivity index (χ3v) is 6.72. The molecule has 0 aliphatic carbocycles. The van der Waals surface area contributed by atoms with Crippen molar-refractivity contribution in [1.29, 1.82) is 0 Å². The molecular weight excluding hydrogens is 438 g/mol. The lowest BCUT2D eigenvalue weighted by molar-refractivity contribution is -0.396. The molecule has 0 atom stereocenters. The first kappa shape index (κ1) is 20.9. The molecule has 0 spiro atoms. The summed E-state index contributed by atoms with van der Waals surface area (Å²) in [5.74, 6) is -0.0752. The van der Waals surface area contributed by atoms with Crippen LogP contribution in [0.15, 0.2) is 63.1 Å². The van der Waals surface area contributed by atoms with Gasteiger partial charge in [-0.05, 0) is 67.6 Å². The number of carbonyl (C=O) groups is 1. The molecule has 0 unspecified atom stereocenters. The van der Waals surface area contributed by atoms with Gasteiger partial charge in [-0.3, -0.25) is 4.79 Å². The standard InChI is InChI=1S/C20H19N5O4S2/c1-12-13(2)24-29-19(12)25-31(27,28)15-9-7-14(8-10-15)21-18(26)11-30-20-22-16-5-3-4-6-17(16)23-20/h3-10H,11H2,1-2H3,(H3,21,22,23,24,25,26). The van der Waals surface area contributed by atoms with Crippen LogP contribution in [0, 0.1) is 13.8 Å². The van der Waals surface area contributed by atoms with Gasteiger partial charge in [-0.25, -0.2) is 18.4 Å². The van der Waals surface area contributed by atoms with E-state index in [9.17, 15) is 13.2 Å². The van der Waals surface area contributed by atoms with E-state index in [1.807, 2.05) is 24.3 Å². The van der Waals surface area contributed by atoms with E-state index in [4.69, 9.17) is 4.52 Å². The molecule has 2 aromatic heterocycles. The lowest BCUT2D eigenvalue weighted by Gasteiger charge is -2.19. The monoisotopic (exact) mass is 457 g/mol. The number of hydrogen-bond acceptors (Lipinski definition) is 6. The molecule has 0 aliphatic rings. The number of amides is 1. The SMILES string of the molecule is Cc1noc([N-]S(=O)(=O)c2ccc(NC(=O)CSc3[nH]c4ccccc4[nH+]3)cc2)c1C. The van der Waals surface area contributed by atoms with Crippen molar-refractivity contribution in [2.75, 3.05) is 11.1 Å². The van der Waals surface area contributed by atoms with Crippen LogP contribution in [0.2, 0.25) is 0 Å². The van der Waals surface area contributed by atoms with Gasteiger partial charge in [-0.2, -0.15) is 0 Å². The van der Waals surface area contributed by atoms with Crippen LogP contribution in [-0.4, -0.2) is 30.2 Å². The predicted molar refractivity (Wildman–Crippen MR) is 117 cm³/mol. The molecule has 0 bridgehead atoms. The third kappa shape index (κ3) is 4.72. The Labute approximate surface area is 182 Å². The average molecular weight is 458 g/mol. The van der Waals surface area contributed by atoms with Crippen molar-refractivity contribution in [3.05, 3.63) is 64.5 Å². The molecule has 160 valence electrons. The third-order valence-electron chi connectivity index (χ3n) is 4.54. The maximum absolute atomic E-state index is 12.5. The number of benzene rings is 2. The van der Waals surface area contributed by atoms with Gasteiger partial charge < -0.3 is 14.6 Å². The van der Waals surface area contributed by atoms with Gasteiger partial charge in [0, 0.05) is 5.69 Å². The van der Waals surface area contributed by atoms with E-state index in [0.717, 1.165) is 16.2 Å². The predicted octanol–water partition coefficient (Wildman–Crippen LogP) is 3.71. The number of rotatable bonds is 7. The van der Waals surface area contributed by atoms with Gasteiger partial charge in [0.25, 0.3) is 0 Å². The van der Waals surface area contributed by atoms with Gasteiger partial charge in [0.05, 0.1) is 22.2 Å². The number of aryl methyl sites for hydroxylation is 1. The van der Waals surface area contributed by atoms with Crippen molar-refractivity contribution in [1.82, 2.24) is 10.1 Å². The Morgan fingerprint density at radius 1 is 1.19 bits per heavy atom. The Kier molecular flexibility index (Phi) is 5.70. The fourth-order valence-corrected chi connectivity index (χ4v) is 4.43. The number of H-pyrrole nitrogens is 2. The normalized spacial score (nSPS) is 11.5. The number of hydrogen-bond donors (Lipinski definition) is 2. The summed E-state index contributed by atoms with van der Waals surface area (Å²) in [6.45, 7) is 3.39. The molecule has 9 nitrogen and oxygen atoms in total. The van der Waals surface area contributed by atoms with Crippen LogP contribution in [0.25, 0.3) is 15.8 Å². The smallest absolute Gasteiger partial charge is 0.315 e. The molecule has 4 aromatic rings. The van der Waals surface area contributed by atoms with Crippen LogP contribution in [0.5, 0.6) is 0 Å². The van der Waals surface area contributed by atoms with Crippen LogP contribution in [0.3, 0.4) is 0 Å². The molecule has 0 aliphatic heterocycles. The van der Waals surface area contributed by atoms with E-state index in [1.165, 1.54) is 36.0 Å². The highest BCUT2D eigenvalue weighted by Crippen LogP contribution is 2.32. The van der Waals surface area contributed by atoms with Crippen LogP contribution < -0.4 is 10.3 Å². The number of thioether (sulfide) groups is 1. The topological polar surface area (TPSA) is 133 Å². The van der Waals surface area contributed by atoms with Crippen molar-refractivity contribution in [3.63, 3.8) is 0 Å². The zero-order valence-electron chi connectivity index (χ0n) is 16.7. The van der Waals surface area contributed by atoms with E-state index in [2.05, 4.69) is 25.2 Å². The molecule has 2 aromatic carbocycles. The van der Waals surface area contributed by atoms with Crippen LogP contribution in [0.1, 0.15) is 11.3 Å². The number of para-hydroxylation sites is 2. The Bertz CT molecular complexity index is 1310. The van der Waals surface area contributed by atoms with Gasteiger partial charge in [0.2, 0.25) is 5.91 Å². The Morgan fingerprint density at radius 3 is 2.61 bits per heavy atom. The molecule has 2 heterocycles. The van der Waals surface area contributed by atoms with Gasteiger partial charge in [-0.1, -0.05) is 17.3 Å². The Hall–Kier alpha value is -3.31. The maximum atomic E-state index is 12.5. The first-order valence-electron chi connectivity index (χ1n) is 9.25. The van der Waals surface area contributed by atoms with Crippen LogP contribution in [0.4, 0.5) is 11.6 Å². The van der Waals surface area contributed by atoms with Crippen molar-refractivity contribution in [2.24, 2.45) is 0 Å². The molecule has 11 heteroatoms. The van der Waals surface area contributed by atoms with E-state index in [0.29, 0.717) is 16.9 Å². The summed E-state index contributed by atoms with van der Waals surface area (Å²) in [7, 11) is -3.96. The van der Waals surface area contributed by atoms with Gasteiger partial charge in [0.1, 0.15) is 10.0 Å². The number of aromatic nitrogens is 3. The number of anilines is 1. The molecular formula is C20H19N5O4S2. The average Bonchev–Trinajstić information content (AvgIpc) is 3.30. The van der Waals surface area contributed by atoms with Gasteiger partial charge >= 0.3 is 5.16 Å². The first-order chi connectivity index (χ1) is 14.8. The van der Waals surface area contributed by atoms with E-state index < -0.39 is 10.0 Å².